The first-order valence-electron chi connectivity index (χ1n) is 5.20. The molecule has 0 saturated heterocycles. The molecule has 2 rings (SSSR count). The molecule has 0 aliphatic rings. The Kier molecular flexibility index (Phi) is 3.43. The fraction of sp³-hybridized carbons (Fsp3) is 0.0769. The molecule has 0 spiro atoms. The van der Waals surface area contributed by atoms with E-state index in [-0.39, 0.29) is 5.69 Å². The lowest BCUT2D eigenvalue weighted by Gasteiger charge is -2.05. The average molecular weight is 242 g/mol. The Labute approximate surface area is 103 Å². The van der Waals surface area contributed by atoms with Gasteiger partial charge in [-0.2, -0.15) is 0 Å². The minimum Gasteiger partial charge on any atom is -0.497 e. The monoisotopic (exact) mass is 242 g/mol. The quantitative estimate of drug-likeness (QED) is 0.764. The van der Waals surface area contributed by atoms with Crippen molar-refractivity contribution in [2.75, 3.05) is 7.11 Å². The lowest BCUT2D eigenvalue weighted by molar-refractivity contribution is 0.111. The number of hydrogen-bond acceptors (Lipinski definition) is 5. The minimum atomic E-state index is 0.252. The molecule has 90 valence electrons. The van der Waals surface area contributed by atoms with Crippen LogP contribution in [-0.4, -0.2) is 29.7 Å². The van der Waals surface area contributed by atoms with Gasteiger partial charge in [-0.15, -0.1) is 0 Å². The molecule has 0 fully saturated rings. The van der Waals surface area contributed by atoms with Gasteiger partial charge in [-0.1, -0.05) is 6.07 Å². The third kappa shape index (κ3) is 2.40. The van der Waals surface area contributed by atoms with E-state index in [1.54, 1.807) is 24.3 Å². The molecule has 18 heavy (non-hydrogen) atoms. The van der Waals surface area contributed by atoms with Crippen molar-refractivity contribution >= 4 is 12.6 Å². The normalized spacial score (nSPS) is 9.83. The molecule has 0 bridgehead atoms. The largest absolute Gasteiger partial charge is 0.497 e. The summed E-state index contributed by atoms with van der Waals surface area (Å²) in [7, 11) is 1.50. The van der Waals surface area contributed by atoms with E-state index >= 15 is 0 Å². The molecule has 2 aromatic heterocycles. The molecular formula is C13H10N2O3. The molecule has 0 saturated carbocycles. The molecule has 0 aliphatic carbocycles. The molecule has 0 N–H and O–H groups in total. The molecule has 0 amide bonds. The standard InChI is InChI=1S/C13H10N2O3/c1-18-11-5-10(8-17)15-13(6-11)12-4-2-3-9(7-16)14-12/h2-8H,1H3. The molecule has 5 heteroatoms. The number of aromatic nitrogens is 2. The average Bonchev–Trinajstić information content (AvgIpc) is 2.46. The van der Waals surface area contributed by atoms with E-state index < -0.39 is 0 Å². The van der Waals surface area contributed by atoms with Gasteiger partial charge in [-0.25, -0.2) is 9.97 Å². The van der Waals surface area contributed by atoms with Gasteiger partial charge in [-0.05, 0) is 12.1 Å². The predicted octanol–water partition coefficient (Wildman–Crippen LogP) is 1.78. The van der Waals surface area contributed by atoms with Gasteiger partial charge in [0.1, 0.15) is 17.1 Å². The summed E-state index contributed by atoms with van der Waals surface area (Å²) in [6.45, 7) is 0. The third-order valence-electron chi connectivity index (χ3n) is 2.33. The zero-order valence-electron chi connectivity index (χ0n) is 9.66. The fourth-order valence-electron chi connectivity index (χ4n) is 1.50. The Morgan fingerprint density at radius 1 is 1.00 bits per heavy atom. The summed E-state index contributed by atoms with van der Waals surface area (Å²) >= 11 is 0. The molecule has 0 aliphatic heterocycles. The Bertz CT molecular complexity index is 597. The van der Waals surface area contributed by atoms with Gasteiger partial charge in [-0.3, -0.25) is 9.59 Å². The van der Waals surface area contributed by atoms with Crippen LogP contribution in [0.1, 0.15) is 21.0 Å². The topological polar surface area (TPSA) is 69.2 Å². The van der Waals surface area contributed by atoms with Crippen molar-refractivity contribution in [3.63, 3.8) is 0 Å². The third-order valence-corrected chi connectivity index (χ3v) is 2.33. The van der Waals surface area contributed by atoms with Gasteiger partial charge in [0.15, 0.2) is 12.6 Å². The minimum absolute atomic E-state index is 0.252. The van der Waals surface area contributed by atoms with Gasteiger partial charge in [0.25, 0.3) is 0 Å². The van der Waals surface area contributed by atoms with Crippen LogP contribution in [0, 0.1) is 0 Å². The zero-order chi connectivity index (χ0) is 13.0. The van der Waals surface area contributed by atoms with E-state index in [1.165, 1.54) is 13.2 Å². The summed E-state index contributed by atoms with van der Waals surface area (Å²) in [5.41, 5.74) is 1.56. The van der Waals surface area contributed by atoms with E-state index in [9.17, 15) is 9.59 Å². The predicted molar refractivity (Wildman–Crippen MR) is 64.8 cm³/mol. The highest BCUT2D eigenvalue weighted by Crippen LogP contribution is 2.21. The maximum absolute atomic E-state index is 10.8. The number of carbonyl (C=O) groups excluding carboxylic acids is 2. The summed E-state index contributed by atoms with van der Waals surface area (Å²) in [5.74, 6) is 0.514. The number of ether oxygens (including phenoxy) is 1. The molecular weight excluding hydrogens is 232 g/mol. The molecule has 2 heterocycles. The van der Waals surface area contributed by atoms with Crippen molar-refractivity contribution in [1.29, 1.82) is 0 Å². The van der Waals surface area contributed by atoms with Crippen molar-refractivity contribution in [2.24, 2.45) is 0 Å². The summed E-state index contributed by atoms with van der Waals surface area (Å²) in [5, 5.41) is 0. The van der Waals surface area contributed by atoms with Crippen LogP contribution in [-0.2, 0) is 0 Å². The number of aldehydes is 2. The SMILES string of the molecule is COc1cc(C=O)nc(-c2cccc(C=O)n2)c1. The van der Waals surface area contributed by atoms with E-state index in [0.717, 1.165) is 0 Å². The second-order valence-electron chi connectivity index (χ2n) is 3.50. The van der Waals surface area contributed by atoms with E-state index in [4.69, 9.17) is 4.74 Å². The van der Waals surface area contributed by atoms with Crippen LogP contribution in [0.2, 0.25) is 0 Å². The Hall–Kier alpha value is -2.56. The Balaban J connectivity index is 2.54. The number of carbonyl (C=O) groups is 2. The van der Waals surface area contributed by atoms with Crippen LogP contribution in [0.4, 0.5) is 0 Å². The van der Waals surface area contributed by atoms with Gasteiger partial charge >= 0.3 is 0 Å². The molecule has 0 radical (unpaired) electrons. The van der Waals surface area contributed by atoms with Crippen LogP contribution >= 0.6 is 0 Å². The Morgan fingerprint density at radius 2 is 1.72 bits per heavy atom. The first-order chi connectivity index (χ1) is 8.76. The maximum atomic E-state index is 10.8. The lowest BCUT2D eigenvalue weighted by atomic mass is 10.2. The Morgan fingerprint density at radius 3 is 2.39 bits per heavy atom. The van der Waals surface area contributed by atoms with Gasteiger partial charge in [0.2, 0.25) is 0 Å². The van der Waals surface area contributed by atoms with Crippen molar-refractivity contribution in [3.05, 3.63) is 41.7 Å². The summed E-state index contributed by atoms with van der Waals surface area (Å²) in [6.07, 6.45) is 1.29. The van der Waals surface area contributed by atoms with Gasteiger partial charge < -0.3 is 4.74 Å². The van der Waals surface area contributed by atoms with Crippen molar-refractivity contribution in [2.45, 2.75) is 0 Å². The second kappa shape index (κ2) is 5.18. The smallest absolute Gasteiger partial charge is 0.168 e. The highest BCUT2D eigenvalue weighted by molar-refractivity contribution is 5.76. The highest BCUT2D eigenvalue weighted by atomic mass is 16.5. The summed E-state index contributed by atoms with van der Waals surface area (Å²) in [6, 6.07) is 8.19. The van der Waals surface area contributed by atoms with E-state index in [2.05, 4.69) is 9.97 Å². The van der Waals surface area contributed by atoms with Gasteiger partial charge in [0.05, 0.1) is 18.5 Å². The fourth-order valence-corrected chi connectivity index (χ4v) is 1.50. The first-order valence-corrected chi connectivity index (χ1v) is 5.20. The summed E-state index contributed by atoms with van der Waals surface area (Å²) in [4.78, 5) is 29.7. The van der Waals surface area contributed by atoms with Crippen LogP contribution in [0.5, 0.6) is 5.75 Å². The van der Waals surface area contributed by atoms with E-state index in [1.807, 2.05) is 0 Å². The van der Waals surface area contributed by atoms with Crippen molar-refractivity contribution in [3.8, 4) is 17.1 Å². The van der Waals surface area contributed by atoms with Crippen LogP contribution in [0.25, 0.3) is 11.4 Å². The van der Waals surface area contributed by atoms with Gasteiger partial charge in [0, 0.05) is 12.1 Å². The molecule has 0 unspecified atom stereocenters. The maximum Gasteiger partial charge on any atom is 0.168 e. The van der Waals surface area contributed by atoms with Crippen LogP contribution in [0.15, 0.2) is 30.3 Å². The molecule has 0 atom stereocenters. The molecule has 5 nitrogen and oxygen atoms in total. The lowest BCUT2D eigenvalue weighted by Crippen LogP contribution is -1.96. The zero-order valence-corrected chi connectivity index (χ0v) is 9.66. The first kappa shape index (κ1) is 11.9. The molecule has 2 aromatic rings. The van der Waals surface area contributed by atoms with E-state index in [0.29, 0.717) is 35.4 Å². The number of methoxy groups -OCH3 is 1. The number of nitrogens with zero attached hydrogens (tertiary/aromatic N) is 2. The van der Waals surface area contributed by atoms with Crippen molar-refractivity contribution < 1.29 is 14.3 Å². The van der Waals surface area contributed by atoms with Crippen molar-refractivity contribution in [1.82, 2.24) is 9.97 Å². The van der Waals surface area contributed by atoms with Crippen LogP contribution < -0.4 is 4.74 Å². The second-order valence-corrected chi connectivity index (χ2v) is 3.50. The van der Waals surface area contributed by atoms with Crippen LogP contribution in [0.3, 0.4) is 0 Å². The number of hydrogen-bond donors (Lipinski definition) is 0. The molecule has 0 aromatic carbocycles. The number of pyridine rings is 2. The summed E-state index contributed by atoms with van der Waals surface area (Å²) < 4.78 is 5.08. The highest BCUT2D eigenvalue weighted by Gasteiger charge is 2.07. The number of rotatable bonds is 4.